The van der Waals surface area contributed by atoms with Gasteiger partial charge in [-0.05, 0) is 29.7 Å². The largest absolute Gasteiger partial charge is 0.508 e. The Kier molecular flexibility index (Phi) is 2.23. The van der Waals surface area contributed by atoms with Gasteiger partial charge in [0.15, 0.2) is 5.82 Å². The number of nitriles is 1. The van der Waals surface area contributed by atoms with Crippen molar-refractivity contribution in [2.24, 2.45) is 0 Å². The lowest BCUT2D eigenvalue weighted by atomic mass is 10.0. The molecule has 0 bridgehead atoms. The van der Waals surface area contributed by atoms with Crippen molar-refractivity contribution in [2.75, 3.05) is 0 Å². The fraction of sp³-hybridized carbons (Fsp3) is 0. The summed E-state index contributed by atoms with van der Waals surface area (Å²) < 4.78 is 13.7. The van der Waals surface area contributed by atoms with Crippen molar-refractivity contribution in [3.8, 4) is 24.2 Å². The molecule has 0 aliphatic carbocycles. The number of nitrogens with zero attached hydrogens (tertiary/aromatic N) is 1. The summed E-state index contributed by atoms with van der Waals surface area (Å²) in [6.07, 6.45) is 5.22. The zero-order chi connectivity index (χ0) is 11.7. The van der Waals surface area contributed by atoms with Gasteiger partial charge in [-0.2, -0.15) is 5.26 Å². The van der Waals surface area contributed by atoms with E-state index in [1.807, 2.05) is 0 Å². The first-order valence-corrected chi connectivity index (χ1v) is 4.49. The topological polar surface area (TPSA) is 44.0 Å². The second-order valence-corrected chi connectivity index (χ2v) is 3.27. The number of hydrogen-bond donors (Lipinski definition) is 1. The summed E-state index contributed by atoms with van der Waals surface area (Å²) in [5.41, 5.74) is -0.0694. The van der Waals surface area contributed by atoms with Crippen molar-refractivity contribution < 1.29 is 9.50 Å². The van der Waals surface area contributed by atoms with Crippen LogP contribution in [-0.4, -0.2) is 5.11 Å². The summed E-state index contributed by atoms with van der Waals surface area (Å²) in [4.78, 5) is 0. The van der Waals surface area contributed by atoms with Crippen LogP contribution in [0.25, 0.3) is 10.8 Å². The lowest BCUT2D eigenvalue weighted by Crippen LogP contribution is -1.91. The van der Waals surface area contributed by atoms with Gasteiger partial charge in [0.05, 0.1) is 11.1 Å². The van der Waals surface area contributed by atoms with E-state index in [2.05, 4.69) is 5.92 Å². The van der Waals surface area contributed by atoms with Crippen LogP contribution in [0.5, 0.6) is 5.75 Å². The van der Waals surface area contributed by atoms with E-state index in [0.717, 1.165) is 0 Å². The number of hydrogen-bond acceptors (Lipinski definition) is 2. The first-order valence-electron chi connectivity index (χ1n) is 4.49. The van der Waals surface area contributed by atoms with Crippen LogP contribution in [0.1, 0.15) is 11.1 Å². The number of phenolic OH excluding ortho intramolecular Hbond substituents is 1. The second kappa shape index (κ2) is 3.56. The Morgan fingerprint density at radius 2 is 2.06 bits per heavy atom. The summed E-state index contributed by atoms with van der Waals surface area (Å²) in [6, 6.07) is 7.49. The molecule has 0 saturated heterocycles. The monoisotopic (exact) mass is 211 g/mol. The first-order chi connectivity index (χ1) is 7.67. The molecule has 0 atom stereocenters. The highest BCUT2D eigenvalue weighted by Crippen LogP contribution is 2.27. The molecule has 0 radical (unpaired) electrons. The quantitative estimate of drug-likeness (QED) is 0.680. The van der Waals surface area contributed by atoms with Gasteiger partial charge in [0.2, 0.25) is 0 Å². The van der Waals surface area contributed by atoms with Gasteiger partial charge in [-0.1, -0.05) is 5.92 Å². The number of halogens is 1. The predicted octanol–water partition coefficient (Wildman–Crippen LogP) is 2.54. The van der Waals surface area contributed by atoms with Gasteiger partial charge in [-0.3, -0.25) is 0 Å². The maximum atomic E-state index is 13.7. The Labute approximate surface area is 91.6 Å². The molecule has 0 aliphatic heterocycles. The Morgan fingerprint density at radius 3 is 2.69 bits per heavy atom. The van der Waals surface area contributed by atoms with Crippen LogP contribution >= 0.6 is 0 Å². The van der Waals surface area contributed by atoms with E-state index in [9.17, 15) is 9.50 Å². The smallest absolute Gasteiger partial charge is 0.157 e. The van der Waals surface area contributed by atoms with Crippen molar-refractivity contribution in [3.05, 3.63) is 41.2 Å². The van der Waals surface area contributed by atoms with E-state index < -0.39 is 5.82 Å². The second-order valence-electron chi connectivity index (χ2n) is 3.27. The van der Waals surface area contributed by atoms with Crippen LogP contribution in [0, 0.1) is 29.5 Å². The zero-order valence-corrected chi connectivity index (χ0v) is 8.16. The average Bonchev–Trinajstić information content (AvgIpc) is 2.28. The van der Waals surface area contributed by atoms with Crippen LogP contribution in [0.3, 0.4) is 0 Å². The highest BCUT2D eigenvalue weighted by atomic mass is 19.1. The molecule has 2 aromatic rings. The molecule has 2 rings (SSSR count). The molecule has 0 spiro atoms. The van der Waals surface area contributed by atoms with E-state index in [1.54, 1.807) is 6.07 Å². The number of aromatic hydroxyl groups is 1. The third kappa shape index (κ3) is 1.36. The molecule has 0 aliphatic rings. The van der Waals surface area contributed by atoms with Crippen molar-refractivity contribution in [1.82, 2.24) is 0 Å². The molecule has 0 fully saturated rings. The van der Waals surface area contributed by atoms with E-state index in [4.69, 9.17) is 11.7 Å². The SMILES string of the molecule is C#Cc1c(F)c(C#N)cc2cc(O)ccc12. The fourth-order valence-corrected chi connectivity index (χ4v) is 1.59. The summed E-state index contributed by atoms with van der Waals surface area (Å²) >= 11 is 0. The van der Waals surface area contributed by atoms with E-state index in [1.165, 1.54) is 24.3 Å². The minimum Gasteiger partial charge on any atom is -0.508 e. The van der Waals surface area contributed by atoms with Crippen molar-refractivity contribution in [2.45, 2.75) is 0 Å². The van der Waals surface area contributed by atoms with Gasteiger partial charge >= 0.3 is 0 Å². The lowest BCUT2D eigenvalue weighted by molar-refractivity contribution is 0.476. The number of rotatable bonds is 0. The number of terminal acetylenes is 1. The van der Waals surface area contributed by atoms with Gasteiger partial charge in [0.25, 0.3) is 0 Å². The van der Waals surface area contributed by atoms with Crippen LogP contribution in [-0.2, 0) is 0 Å². The van der Waals surface area contributed by atoms with Crippen LogP contribution < -0.4 is 0 Å². The molecule has 0 heterocycles. The lowest BCUT2D eigenvalue weighted by Gasteiger charge is -2.04. The molecular formula is C13H6FNO. The molecule has 0 unspecified atom stereocenters. The number of phenols is 1. The number of benzene rings is 2. The third-order valence-electron chi connectivity index (χ3n) is 2.33. The normalized spacial score (nSPS) is 9.69. The predicted molar refractivity (Wildman–Crippen MR) is 58.2 cm³/mol. The van der Waals surface area contributed by atoms with Gasteiger partial charge in [-0.25, -0.2) is 4.39 Å². The molecule has 2 nitrogen and oxygen atoms in total. The van der Waals surface area contributed by atoms with Crippen LogP contribution in [0.2, 0.25) is 0 Å². The van der Waals surface area contributed by atoms with Gasteiger partial charge in [0, 0.05) is 5.39 Å². The van der Waals surface area contributed by atoms with Crippen molar-refractivity contribution >= 4 is 10.8 Å². The van der Waals surface area contributed by atoms with Crippen LogP contribution in [0.4, 0.5) is 4.39 Å². The summed E-state index contributed by atoms with van der Waals surface area (Å²) in [7, 11) is 0. The highest BCUT2D eigenvalue weighted by Gasteiger charge is 2.11. The highest BCUT2D eigenvalue weighted by molar-refractivity contribution is 5.90. The maximum Gasteiger partial charge on any atom is 0.157 e. The van der Waals surface area contributed by atoms with Gasteiger partial charge in [0.1, 0.15) is 11.8 Å². The van der Waals surface area contributed by atoms with E-state index >= 15 is 0 Å². The van der Waals surface area contributed by atoms with E-state index in [0.29, 0.717) is 10.8 Å². The Bertz CT molecular complexity index is 662. The minimum atomic E-state index is -0.691. The number of fused-ring (bicyclic) bond motifs is 1. The summed E-state index contributed by atoms with van der Waals surface area (Å²) in [6.45, 7) is 0. The van der Waals surface area contributed by atoms with Crippen LogP contribution in [0.15, 0.2) is 24.3 Å². The zero-order valence-electron chi connectivity index (χ0n) is 8.16. The molecule has 0 amide bonds. The molecule has 3 heteroatoms. The molecule has 1 N–H and O–H groups in total. The van der Waals surface area contributed by atoms with Gasteiger partial charge in [-0.15, -0.1) is 6.42 Å². The maximum absolute atomic E-state index is 13.7. The van der Waals surface area contributed by atoms with Crippen molar-refractivity contribution in [3.63, 3.8) is 0 Å². The van der Waals surface area contributed by atoms with Crippen molar-refractivity contribution in [1.29, 1.82) is 5.26 Å². The third-order valence-corrected chi connectivity index (χ3v) is 2.33. The molecular weight excluding hydrogens is 205 g/mol. The summed E-state index contributed by atoms with van der Waals surface area (Å²) in [5.74, 6) is 1.58. The fourth-order valence-electron chi connectivity index (χ4n) is 1.59. The van der Waals surface area contributed by atoms with Gasteiger partial charge < -0.3 is 5.11 Å². The Morgan fingerprint density at radius 1 is 1.31 bits per heavy atom. The molecule has 76 valence electrons. The Hall–Kier alpha value is -2.52. The molecule has 0 aromatic heterocycles. The standard InChI is InChI=1S/C13H6FNO/c1-2-11-12-4-3-10(16)6-8(12)5-9(7-15)13(11)14/h1,3-6,16H. The Balaban J connectivity index is 2.98. The first kappa shape index (κ1) is 10.0. The molecule has 16 heavy (non-hydrogen) atoms. The minimum absolute atomic E-state index is 0.0472. The van der Waals surface area contributed by atoms with E-state index in [-0.39, 0.29) is 16.9 Å². The molecule has 0 saturated carbocycles. The average molecular weight is 211 g/mol. The summed E-state index contributed by atoms with van der Waals surface area (Å²) in [5, 5.41) is 19.1. The molecule has 2 aromatic carbocycles.